The molecule has 2 aromatic carbocycles. The maximum atomic E-state index is 13.5. The third kappa shape index (κ3) is 23.9. The highest BCUT2D eigenvalue weighted by Crippen LogP contribution is 2.33. The number of nitrogens with two attached hydrogens (primary N) is 3. The Morgan fingerprint density at radius 1 is 0.725 bits per heavy atom. The number of hydrogen-bond acceptors (Lipinski definition) is 22. The fraction of sp³-hybridized carbons (Fsp3) is 0.651. The highest BCUT2D eigenvalue weighted by atomic mass is 16.7. The molecule has 28 nitrogen and oxygen atoms in total. The molecule has 1 aliphatic carbocycles. The summed E-state index contributed by atoms with van der Waals surface area (Å²) in [7, 11) is 0. The standard InChI is InChI=1S/C63H95N9O19/c1-40(2)59(62(65)82)70-63(83)44(15-10-11-24-67-54(79)39-88-49-18-5-3-4-17-46(58(49)64)72(66)56-34-48(76)61(51(38-74)89-56)91-57-35-47(75)60(81)50(37-73)90-57)69-53(78)23-26-84-28-30-86-32-33-87-31-29-85-27-25-68-52(77)21-22-55(80)71-36-43-14-7-6-12-41(43)19-20-42-13-8-9-16-45(42)71/h6-9,12-14,16,40,44,47-51,56-57,59-61,73-76,81H,3-5,10-11,15,17-18,21-39,64,66H2,1-2H3,(H2,65,82)(H,67,79)(H,68,77)(H,69,78)(H,70,83)/t44?,47?,48?,49?,50?,51?,56-,57+,59?,60-,61-/m0/s1. The Labute approximate surface area is 531 Å². The molecule has 91 heavy (non-hydrogen) atoms. The zero-order valence-corrected chi connectivity index (χ0v) is 52.2. The van der Waals surface area contributed by atoms with Gasteiger partial charge < -0.3 is 101 Å². The van der Waals surface area contributed by atoms with Gasteiger partial charge in [-0.3, -0.25) is 33.8 Å². The maximum absolute atomic E-state index is 13.5. The van der Waals surface area contributed by atoms with Crippen molar-refractivity contribution in [3.8, 4) is 11.8 Å². The van der Waals surface area contributed by atoms with Gasteiger partial charge in [0.1, 0.15) is 49.3 Å². The van der Waals surface area contributed by atoms with Crippen LogP contribution in [0.3, 0.4) is 0 Å². The number of aliphatic hydroxyl groups is 5. The topological polar surface area (TPSA) is 410 Å². The lowest BCUT2D eigenvalue weighted by Gasteiger charge is -2.45. The van der Waals surface area contributed by atoms with E-state index in [9.17, 15) is 54.3 Å². The van der Waals surface area contributed by atoms with Gasteiger partial charge in [-0.1, -0.05) is 68.9 Å². The van der Waals surface area contributed by atoms with E-state index in [0.29, 0.717) is 63.4 Å². The minimum absolute atomic E-state index is 0.0285. The predicted molar refractivity (Wildman–Crippen MR) is 329 cm³/mol. The molecule has 2 aromatic rings. The molecule has 11 atom stereocenters. The van der Waals surface area contributed by atoms with E-state index in [4.69, 9.17) is 55.2 Å². The Kier molecular flexibility index (Phi) is 31.7. The van der Waals surface area contributed by atoms with Crippen molar-refractivity contribution in [2.24, 2.45) is 23.2 Å². The molecule has 6 rings (SSSR count). The van der Waals surface area contributed by atoms with Gasteiger partial charge in [-0.25, -0.2) is 5.84 Å². The monoisotopic (exact) mass is 1280 g/mol. The van der Waals surface area contributed by atoms with Crippen molar-refractivity contribution in [3.63, 3.8) is 0 Å². The first-order chi connectivity index (χ1) is 43.9. The van der Waals surface area contributed by atoms with Gasteiger partial charge in [0, 0.05) is 56.3 Å². The number of benzene rings is 2. The Hall–Kier alpha value is -6.40. The van der Waals surface area contributed by atoms with Crippen molar-refractivity contribution in [1.82, 2.24) is 26.3 Å². The van der Waals surface area contributed by atoms with E-state index in [1.165, 1.54) is 5.01 Å². The Bertz CT molecular complexity index is 2730. The summed E-state index contributed by atoms with van der Waals surface area (Å²) in [5.41, 5.74) is 16.3. The largest absolute Gasteiger partial charge is 0.398 e. The van der Waals surface area contributed by atoms with Crippen LogP contribution in [0.15, 0.2) is 59.9 Å². The third-order valence-electron chi connectivity index (χ3n) is 15.9. The van der Waals surface area contributed by atoms with Crippen molar-refractivity contribution in [2.45, 2.75) is 171 Å². The number of nitrogens with zero attached hydrogens (tertiary/aromatic N) is 2. The van der Waals surface area contributed by atoms with Crippen LogP contribution in [0.4, 0.5) is 5.69 Å². The highest BCUT2D eigenvalue weighted by molar-refractivity contribution is 5.97. The zero-order valence-electron chi connectivity index (χ0n) is 52.2. The Morgan fingerprint density at radius 3 is 2.09 bits per heavy atom. The van der Waals surface area contributed by atoms with Crippen molar-refractivity contribution >= 4 is 41.1 Å². The van der Waals surface area contributed by atoms with E-state index in [1.54, 1.807) is 18.7 Å². The van der Waals surface area contributed by atoms with E-state index in [0.717, 1.165) is 36.0 Å². The molecular formula is C63H95N9O19. The summed E-state index contributed by atoms with van der Waals surface area (Å²) < 4.78 is 45.9. The van der Waals surface area contributed by atoms with Crippen LogP contribution in [0.25, 0.3) is 0 Å². The number of aliphatic hydroxyl groups excluding tert-OH is 5. The third-order valence-corrected chi connectivity index (χ3v) is 15.9. The van der Waals surface area contributed by atoms with E-state index >= 15 is 0 Å². The smallest absolute Gasteiger partial charge is 0.246 e. The number of carbonyl (C=O) groups is 6. The number of carbonyl (C=O) groups excluding carboxylic acids is 6. The number of hydrazine groups is 1. The highest BCUT2D eigenvalue weighted by Gasteiger charge is 2.45. The zero-order chi connectivity index (χ0) is 65.7. The number of ether oxygens (including phenoxy) is 8. The maximum Gasteiger partial charge on any atom is 0.246 e. The summed E-state index contributed by atoms with van der Waals surface area (Å²) in [6.07, 6.45) is -5.93. The number of primary amides is 1. The van der Waals surface area contributed by atoms with E-state index in [-0.39, 0.29) is 115 Å². The van der Waals surface area contributed by atoms with Gasteiger partial charge in [-0.05, 0) is 68.2 Å². The molecule has 15 N–H and O–H groups in total. The van der Waals surface area contributed by atoms with Crippen LogP contribution in [-0.4, -0.2) is 219 Å². The fourth-order valence-electron chi connectivity index (χ4n) is 10.8. The summed E-state index contributed by atoms with van der Waals surface area (Å²) in [5, 5.41) is 63.7. The molecule has 506 valence electrons. The molecule has 0 saturated carbocycles. The summed E-state index contributed by atoms with van der Waals surface area (Å²) in [6, 6.07) is 13.2. The van der Waals surface area contributed by atoms with Gasteiger partial charge in [-0.2, -0.15) is 0 Å². The number of allylic oxidation sites excluding steroid dienone is 1. The molecule has 0 spiro atoms. The lowest BCUT2D eigenvalue weighted by Crippen LogP contribution is -2.59. The number of rotatable bonds is 37. The number of fused-ring (bicyclic) bond motifs is 2. The van der Waals surface area contributed by atoms with Crippen molar-refractivity contribution in [3.05, 3.63) is 76.6 Å². The minimum atomic E-state index is -1.33. The summed E-state index contributed by atoms with van der Waals surface area (Å²) in [5.74, 6) is 10.1. The van der Waals surface area contributed by atoms with E-state index in [2.05, 4.69) is 33.1 Å². The number of anilines is 1. The molecular weight excluding hydrogens is 1190 g/mol. The number of amides is 6. The van der Waals surface area contributed by atoms with Crippen LogP contribution >= 0.6 is 0 Å². The van der Waals surface area contributed by atoms with Gasteiger partial charge in [-0.15, -0.1) is 0 Å². The molecule has 6 amide bonds. The van der Waals surface area contributed by atoms with Gasteiger partial charge in [0.05, 0.1) is 108 Å². The van der Waals surface area contributed by atoms with Gasteiger partial charge in [0.2, 0.25) is 35.4 Å². The molecule has 28 heteroatoms. The first kappa shape index (κ1) is 73.6. The van der Waals surface area contributed by atoms with Crippen molar-refractivity contribution < 1.29 is 92.2 Å². The second-order valence-electron chi connectivity index (χ2n) is 23.1. The van der Waals surface area contributed by atoms with Crippen molar-refractivity contribution in [2.75, 3.05) is 90.7 Å². The number of hydrogen-bond donors (Lipinski definition) is 12. The minimum Gasteiger partial charge on any atom is -0.398 e. The molecule has 0 aromatic heterocycles. The summed E-state index contributed by atoms with van der Waals surface area (Å²) in [6.45, 7) is 4.74. The lowest BCUT2D eigenvalue weighted by atomic mass is 9.97. The number of nitrogens with one attached hydrogen (secondary N) is 4. The van der Waals surface area contributed by atoms with Crippen molar-refractivity contribution in [1.29, 1.82) is 0 Å². The van der Waals surface area contributed by atoms with E-state index in [1.807, 2.05) is 48.5 Å². The first-order valence-electron chi connectivity index (χ1n) is 31.5. The van der Waals surface area contributed by atoms with Gasteiger partial charge in [0.25, 0.3) is 0 Å². The molecule has 2 saturated heterocycles. The molecule has 3 aliphatic heterocycles. The quantitative estimate of drug-likeness (QED) is 0.0168. The Balaban J connectivity index is 0.818. The van der Waals surface area contributed by atoms with Crippen LogP contribution < -0.4 is 43.5 Å². The van der Waals surface area contributed by atoms with Crippen LogP contribution in [0.5, 0.6) is 0 Å². The van der Waals surface area contributed by atoms with Crippen LogP contribution in [0.2, 0.25) is 0 Å². The van der Waals surface area contributed by atoms with Crippen LogP contribution in [0.1, 0.15) is 114 Å². The average Bonchev–Trinajstić information content (AvgIpc) is 1.16. The van der Waals surface area contributed by atoms with Gasteiger partial charge >= 0.3 is 0 Å². The molecule has 2 fully saturated rings. The molecule has 7 unspecified atom stereocenters. The molecule has 3 heterocycles. The Morgan fingerprint density at radius 2 is 1.38 bits per heavy atom. The van der Waals surface area contributed by atoms with Crippen LogP contribution in [-0.2, 0) is 73.2 Å². The number of unbranched alkanes of at least 4 members (excludes halogenated alkanes) is 1. The predicted octanol–water partition coefficient (Wildman–Crippen LogP) is -0.939. The lowest BCUT2D eigenvalue weighted by molar-refractivity contribution is -0.309. The number of para-hydroxylation sites is 1. The normalized spacial score (nSPS) is 23.1. The summed E-state index contributed by atoms with van der Waals surface area (Å²) >= 11 is 0. The second kappa shape index (κ2) is 39.2. The fourth-order valence-corrected chi connectivity index (χ4v) is 10.8. The molecule has 4 aliphatic rings. The molecule has 0 bridgehead atoms. The average molecular weight is 1280 g/mol. The first-order valence-corrected chi connectivity index (χ1v) is 31.5. The SMILES string of the molecule is CC(C)C(NC(=O)C(CCCCNC(=O)COC1CCCCCC(N(N)[C@@H]2CC(O)[C@H](O[C@@H]3CC(O)[C@H](O)C(CO)O3)C(CO)O2)=C1N)NC(=O)CCOCCOCCOCCOCCNC(=O)CCC(=O)N1Cc2ccccc2C#Cc2ccccc21)C(N)=O. The van der Waals surface area contributed by atoms with Gasteiger partial charge in [0.15, 0.2) is 6.29 Å². The molecule has 0 radical (unpaired) electrons. The van der Waals surface area contributed by atoms with E-state index < -0.39 is 104 Å². The van der Waals surface area contributed by atoms with Crippen LogP contribution in [0, 0.1) is 17.8 Å². The summed E-state index contributed by atoms with van der Waals surface area (Å²) in [4.78, 5) is 79.5. The second-order valence-corrected chi connectivity index (χ2v) is 23.1.